The standard InChI is InChI=1S/C9H12BrN3S.HI/c1-2-3-12-9(11)13-5-8-4-7(10)6-14-8;/h2,4,6H,1,3,5H2,(H3,11,12,13);1H. The van der Waals surface area contributed by atoms with Crippen molar-refractivity contribution in [3.63, 3.8) is 0 Å². The fraction of sp³-hybridized carbons (Fsp3) is 0.222. The van der Waals surface area contributed by atoms with E-state index in [9.17, 15) is 0 Å². The molecule has 84 valence electrons. The van der Waals surface area contributed by atoms with Crippen molar-refractivity contribution in [3.05, 3.63) is 33.5 Å². The van der Waals surface area contributed by atoms with E-state index in [-0.39, 0.29) is 24.0 Å². The molecule has 0 amide bonds. The van der Waals surface area contributed by atoms with Crippen molar-refractivity contribution >= 4 is 57.2 Å². The molecule has 0 aliphatic heterocycles. The summed E-state index contributed by atoms with van der Waals surface area (Å²) in [4.78, 5) is 5.35. The van der Waals surface area contributed by atoms with E-state index < -0.39 is 0 Å². The molecule has 1 aromatic rings. The first-order valence-corrected chi connectivity index (χ1v) is 5.77. The SMILES string of the molecule is C=CCNC(N)=NCc1cc(Br)cs1.I. The van der Waals surface area contributed by atoms with Crippen molar-refractivity contribution < 1.29 is 0 Å². The van der Waals surface area contributed by atoms with Crippen LogP contribution in [0.25, 0.3) is 0 Å². The van der Waals surface area contributed by atoms with E-state index in [2.05, 4.69) is 32.8 Å². The van der Waals surface area contributed by atoms with Gasteiger partial charge in [0.25, 0.3) is 0 Å². The van der Waals surface area contributed by atoms with Gasteiger partial charge in [0.1, 0.15) is 0 Å². The molecule has 0 atom stereocenters. The second-order valence-corrected chi connectivity index (χ2v) is 4.51. The van der Waals surface area contributed by atoms with Crippen molar-refractivity contribution in [2.45, 2.75) is 6.54 Å². The largest absolute Gasteiger partial charge is 0.370 e. The number of halogens is 2. The normalized spacial score (nSPS) is 10.6. The van der Waals surface area contributed by atoms with Crippen molar-refractivity contribution in [3.8, 4) is 0 Å². The number of hydrogen-bond acceptors (Lipinski definition) is 2. The van der Waals surface area contributed by atoms with E-state index in [0.29, 0.717) is 19.0 Å². The topological polar surface area (TPSA) is 50.4 Å². The summed E-state index contributed by atoms with van der Waals surface area (Å²) in [5.41, 5.74) is 5.60. The molecule has 1 heterocycles. The van der Waals surface area contributed by atoms with E-state index in [1.54, 1.807) is 17.4 Å². The third kappa shape index (κ3) is 6.16. The lowest BCUT2D eigenvalue weighted by Crippen LogP contribution is -2.31. The maximum atomic E-state index is 5.60. The van der Waals surface area contributed by atoms with Gasteiger partial charge in [-0.15, -0.1) is 41.9 Å². The summed E-state index contributed by atoms with van der Waals surface area (Å²) < 4.78 is 1.09. The van der Waals surface area contributed by atoms with Gasteiger partial charge in [0.05, 0.1) is 6.54 Å². The number of aliphatic imine (C=N–C) groups is 1. The van der Waals surface area contributed by atoms with E-state index in [0.717, 1.165) is 4.47 Å². The van der Waals surface area contributed by atoms with Gasteiger partial charge in [0.15, 0.2) is 5.96 Å². The monoisotopic (exact) mass is 401 g/mol. The van der Waals surface area contributed by atoms with Crippen LogP contribution in [0.4, 0.5) is 0 Å². The predicted octanol–water partition coefficient (Wildman–Crippen LogP) is 2.72. The Labute approximate surface area is 119 Å². The molecule has 0 fully saturated rings. The summed E-state index contributed by atoms with van der Waals surface area (Å²) in [6, 6.07) is 2.04. The molecule has 15 heavy (non-hydrogen) atoms. The molecule has 0 unspecified atom stereocenters. The zero-order valence-corrected chi connectivity index (χ0v) is 12.8. The van der Waals surface area contributed by atoms with Gasteiger partial charge in [0.2, 0.25) is 0 Å². The van der Waals surface area contributed by atoms with Crippen LogP contribution in [-0.2, 0) is 6.54 Å². The van der Waals surface area contributed by atoms with E-state index in [1.807, 2.05) is 11.4 Å². The van der Waals surface area contributed by atoms with E-state index in [1.165, 1.54) is 4.88 Å². The molecular formula is C9H13BrIN3S. The first kappa shape index (κ1) is 14.9. The number of guanidine groups is 1. The predicted molar refractivity (Wildman–Crippen MR) is 81.0 cm³/mol. The number of rotatable bonds is 4. The lowest BCUT2D eigenvalue weighted by atomic mass is 10.5. The highest BCUT2D eigenvalue weighted by molar-refractivity contribution is 14.0. The molecule has 3 N–H and O–H groups in total. The summed E-state index contributed by atoms with van der Waals surface area (Å²) in [5.74, 6) is 0.453. The van der Waals surface area contributed by atoms with Crippen LogP contribution in [0.5, 0.6) is 0 Å². The third-order valence-electron chi connectivity index (χ3n) is 1.45. The lowest BCUT2D eigenvalue weighted by molar-refractivity contribution is 0.979. The number of nitrogens with zero attached hydrogens (tertiary/aromatic N) is 1. The second-order valence-electron chi connectivity index (χ2n) is 2.60. The first-order valence-electron chi connectivity index (χ1n) is 4.10. The first-order chi connectivity index (χ1) is 6.72. The average Bonchev–Trinajstić information content (AvgIpc) is 2.58. The summed E-state index contributed by atoms with van der Waals surface area (Å²) in [6.07, 6.45) is 1.74. The number of hydrogen-bond donors (Lipinski definition) is 2. The highest BCUT2D eigenvalue weighted by Crippen LogP contribution is 2.20. The smallest absolute Gasteiger partial charge is 0.189 e. The van der Waals surface area contributed by atoms with Crippen molar-refractivity contribution in [2.24, 2.45) is 10.7 Å². The van der Waals surface area contributed by atoms with Crippen LogP contribution in [0.15, 0.2) is 33.6 Å². The second kappa shape index (κ2) is 8.12. The molecular weight excluding hydrogens is 389 g/mol. The Kier molecular flexibility index (Phi) is 8.07. The highest BCUT2D eigenvalue weighted by Gasteiger charge is 1.96. The van der Waals surface area contributed by atoms with Crippen LogP contribution in [0.3, 0.4) is 0 Å². The van der Waals surface area contributed by atoms with Crippen molar-refractivity contribution in [1.82, 2.24) is 5.32 Å². The van der Waals surface area contributed by atoms with Crippen LogP contribution >= 0.6 is 51.2 Å². The Hall–Kier alpha value is -0.0800. The summed E-state index contributed by atoms with van der Waals surface area (Å²) in [5, 5.41) is 4.94. The quantitative estimate of drug-likeness (QED) is 0.352. The Balaban J connectivity index is 0.00000196. The maximum absolute atomic E-state index is 5.60. The molecule has 3 nitrogen and oxygen atoms in total. The summed E-state index contributed by atoms with van der Waals surface area (Å²) >= 11 is 5.04. The molecule has 0 saturated carbocycles. The molecule has 0 spiro atoms. The van der Waals surface area contributed by atoms with Gasteiger partial charge in [-0.25, -0.2) is 4.99 Å². The van der Waals surface area contributed by atoms with Gasteiger partial charge in [0, 0.05) is 21.3 Å². The van der Waals surface area contributed by atoms with Gasteiger partial charge in [-0.2, -0.15) is 0 Å². The van der Waals surface area contributed by atoms with E-state index in [4.69, 9.17) is 5.73 Å². The molecule has 0 aromatic carbocycles. The van der Waals surface area contributed by atoms with Crippen LogP contribution < -0.4 is 11.1 Å². The number of nitrogens with two attached hydrogens (primary N) is 1. The molecule has 1 aromatic heterocycles. The molecule has 0 aliphatic rings. The molecule has 0 bridgehead atoms. The Morgan fingerprint density at radius 3 is 3.00 bits per heavy atom. The van der Waals surface area contributed by atoms with Gasteiger partial charge in [-0.05, 0) is 22.0 Å². The van der Waals surface area contributed by atoms with Crippen molar-refractivity contribution in [1.29, 1.82) is 0 Å². The number of thiophene rings is 1. The molecule has 0 aliphatic carbocycles. The third-order valence-corrected chi connectivity index (χ3v) is 3.14. The zero-order chi connectivity index (χ0) is 10.4. The Morgan fingerprint density at radius 1 is 1.73 bits per heavy atom. The van der Waals surface area contributed by atoms with Gasteiger partial charge in [-0.3, -0.25) is 0 Å². The van der Waals surface area contributed by atoms with Gasteiger partial charge in [-0.1, -0.05) is 6.08 Å². The van der Waals surface area contributed by atoms with E-state index >= 15 is 0 Å². The average molecular weight is 402 g/mol. The maximum Gasteiger partial charge on any atom is 0.189 e. The highest BCUT2D eigenvalue weighted by atomic mass is 127. The summed E-state index contributed by atoms with van der Waals surface area (Å²) in [6.45, 7) is 4.84. The van der Waals surface area contributed by atoms with Crippen molar-refractivity contribution in [2.75, 3.05) is 6.54 Å². The summed E-state index contributed by atoms with van der Waals surface area (Å²) in [7, 11) is 0. The zero-order valence-electron chi connectivity index (χ0n) is 8.07. The minimum Gasteiger partial charge on any atom is -0.370 e. The minimum atomic E-state index is 0. The fourth-order valence-electron chi connectivity index (χ4n) is 0.832. The molecule has 1 rings (SSSR count). The van der Waals surface area contributed by atoms with Crippen LogP contribution in [0.1, 0.15) is 4.88 Å². The lowest BCUT2D eigenvalue weighted by Gasteiger charge is -2.00. The Morgan fingerprint density at radius 2 is 2.47 bits per heavy atom. The van der Waals surface area contributed by atoms with Gasteiger partial charge >= 0.3 is 0 Å². The van der Waals surface area contributed by atoms with Crippen LogP contribution in [0, 0.1) is 0 Å². The molecule has 0 radical (unpaired) electrons. The number of nitrogens with one attached hydrogen (secondary N) is 1. The van der Waals surface area contributed by atoms with Crippen LogP contribution in [0.2, 0.25) is 0 Å². The minimum absolute atomic E-state index is 0. The fourth-order valence-corrected chi connectivity index (χ4v) is 2.21. The molecule has 6 heteroatoms. The molecule has 0 saturated heterocycles. The van der Waals surface area contributed by atoms with Crippen LogP contribution in [-0.4, -0.2) is 12.5 Å². The Bertz CT molecular complexity index is 338. The van der Waals surface area contributed by atoms with Gasteiger partial charge < -0.3 is 11.1 Å².